The van der Waals surface area contributed by atoms with Gasteiger partial charge in [-0.15, -0.1) is 0 Å². The summed E-state index contributed by atoms with van der Waals surface area (Å²) in [5.74, 6) is -0.353. The fraction of sp³-hybridized carbons (Fsp3) is 0.455. The number of ether oxygens (including phenoxy) is 2. The first-order valence-electron chi connectivity index (χ1n) is 10.3. The second-order valence-corrected chi connectivity index (χ2v) is 8.84. The van der Waals surface area contributed by atoms with Crippen LogP contribution in [0.15, 0.2) is 35.2 Å². The fourth-order valence-corrected chi connectivity index (χ4v) is 4.23. The summed E-state index contributed by atoms with van der Waals surface area (Å²) in [5, 5.41) is 0. The van der Waals surface area contributed by atoms with E-state index in [2.05, 4.69) is 16.2 Å². The molecule has 31 heavy (non-hydrogen) atoms. The number of nitrogens with zero attached hydrogens (tertiary/aromatic N) is 1. The SMILES string of the molecule is CCCn1c(C)cc(C(=O)COC(=O)CCNS(=O)(=O)c2ccc(OCC)cc2)c1C. The Bertz CT molecular complexity index is 1010. The van der Waals surface area contributed by atoms with Gasteiger partial charge in [-0.2, -0.15) is 0 Å². The maximum absolute atomic E-state index is 12.4. The van der Waals surface area contributed by atoms with Crippen LogP contribution < -0.4 is 9.46 Å². The van der Waals surface area contributed by atoms with E-state index in [1.165, 1.54) is 12.1 Å². The largest absolute Gasteiger partial charge is 0.494 e. The van der Waals surface area contributed by atoms with Crippen molar-refractivity contribution >= 4 is 21.8 Å². The van der Waals surface area contributed by atoms with Crippen molar-refractivity contribution < 1.29 is 27.5 Å². The van der Waals surface area contributed by atoms with Gasteiger partial charge in [0.25, 0.3) is 0 Å². The molecule has 0 saturated heterocycles. The molecule has 0 aliphatic heterocycles. The summed E-state index contributed by atoms with van der Waals surface area (Å²) in [6.45, 7) is 8.50. The lowest BCUT2D eigenvalue weighted by Gasteiger charge is -2.09. The number of sulfonamides is 1. The molecule has 1 aromatic heterocycles. The molecule has 0 spiro atoms. The van der Waals surface area contributed by atoms with Crippen LogP contribution in [0.2, 0.25) is 0 Å². The summed E-state index contributed by atoms with van der Waals surface area (Å²) in [6.07, 6.45) is 0.768. The second kappa shape index (κ2) is 11.1. The number of carbonyl (C=O) groups excluding carboxylic acids is 2. The van der Waals surface area contributed by atoms with Crippen LogP contribution in [0.25, 0.3) is 0 Å². The lowest BCUT2D eigenvalue weighted by molar-refractivity contribution is -0.142. The van der Waals surface area contributed by atoms with Crippen molar-refractivity contribution in [3.63, 3.8) is 0 Å². The molecular weight excluding hydrogens is 420 g/mol. The predicted octanol–water partition coefficient (Wildman–Crippen LogP) is 3.01. The molecule has 1 aromatic carbocycles. The normalized spacial score (nSPS) is 11.4. The third-order valence-electron chi connectivity index (χ3n) is 4.75. The van der Waals surface area contributed by atoms with Crippen molar-refractivity contribution in [2.75, 3.05) is 19.8 Å². The van der Waals surface area contributed by atoms with Gasteiger partial charge in [0, 0.05) is 30.0 Å². The van der Waals surface area contributed by atoms with Gasteiger partial charge < -0.3 is 14.0 Å². The number of ketones is 1. The monoisotopic (exact) mass is 450 g/mol. The van der Waals surface area contributed by atoms with E-state index in [9.17, 15) is 18.0 Å². The highest BCUT2D eigenvalue weighted by Gasteiger charge is 2.18. The second-order valence-electron chi connectivity index (χ2n) is 7.07. The van der Waals surface area contributed by atoms with Crippen LogP contribution >= 0.6 is 0 Å². The van der Waals surface area contributed by atoms with Crippen molar-refractivity contribution in [2.45, 2.75) is 52.0 Å². The minimum Gasteiger partial charge on any atom is -0.494 e. The van der Waals surface area contributed by atoms with Gasteiger partial charge in [-0.3, -0.25) is 9.59 Å². The minimum atomic E-state index is -3.76. The molecule has 0 atom stereocenters. The maximum atomic E-state index is 12.4. The standard InChI is InChI=1S/C22H30N2O6S/c1-5-13-24-16(3)14-20(17(24)4)21(25)15-30-22(26)11-12-23-31(27,28)19-9-7-18(8-10-19)29-6-2/h7-10,14,23H,5-6,11-13,15H2,1-4H3. The number of esters is 1. The van der Waals surface area contributed by atoms with E-state index in [-0.39, 0.29) is 30.3 Å². The molecule has 2 aromatic rings. The number of aryl methyl sites for hydroxylation is 1. The molecule has 0 saturated carbocycles. The summed E-state index contributed by atoms with van der Waals surface area (Å²) in [4.78, 5) is 24.4. The van der Waals surface area contributed by atoms with Crippen LogP contribution in [-0.4, -0.2) is 44.5 Å². The van der Waals surface area contributed by atoms with Gasteiger partial charge in [-0.05, 0) is 57.5 Å². The third-order valence-corrected chi connectivity index (χ3v) is 6.23. The number of carbonyl (C=O) groups is 2. The average molecular weight is 451 g/mol. The first-order valence-corrected chi connectivity index (χ1v) is 11.8. The zero-order valence-corrected chi connectivity index (χ0v) is 19.3. The van der Waals surface area contributed by atoms with Gasteiger partial charge in [-0.1, -0.05) is 6.92 Å². The van der Waals surface area contributed by atoms with E-state index in [0.29, 0.717) is 17.9 Å². The zero-order valence-electron chi connectivity index (χ0n) is 18.4. The van der Waals surface area contributed by atoms with E-state index in [1.54, 1.807) is 18.2 Å². The van der Waals surface area contributed by atoms with Crippen molar-refractivity contribution in [2.24, 2.45) is 0 Å². The van der Waals surface area contributed by atoms with Crippen molar-refractivity contribution in [1.29, 1.82) is 0 Å². The Morgan fingerprint density at radius 2 is 1.77 bits per heavy atom. The van der Waals surface area contributed by atoms with Crippen LogP contribution in [0.5, 0.6) is 5.75 Å². The maximum Gasteiger partial charge on any atom is 0.307 e. The Morgan fingerprint density at radius 3 is 2.39 bits per heavy atom. The highest BCUT2D eigenvalue weighted by Crippen LogP contribution is 2.17. The van der Waals surface area contributed by atoms with Gasteiger partial charge in [-0.25, -0.2) is 13.1 Å². The highest BCUT2D eigenvalue weighted by molar-refractivity contribution is 7.89. The van der Waals surface area contributed by atoms with Gasteiger partial charge in [0.2, 0.25) is 15.8 Å². The molecule has 0 unspecified atom stereocenters. The van der Waals surface area contributed by atoms with E-state index in [4.69, 9.17) is 9.47 Å². The molecule has 0 amide bonds. The molecule has 0 radical (unpaired) electrons. The predicted molar refractivity (Wildman–Crippen MR) is 117 cm³/mol. The molecule has 9 heteroatoms. The van der Waals surface area contributed by atoms with Crippen molar-refractivity contribution in [1.82, 2.24) is 9.29 Å². The minimum absolute atomic E-state index is 0.0712. The van der Waals surface area contributed by atoms with Crippen LogP contribution in [0.4, 0.5) is 0 Å². The topological polar surface area (TPSA) is 104 Å². The number of rotatable bonds is 12. The number of hydrogen-bond acceptors (Lipinski definition) is 6. The Morgan fingerprint density at radius 1 is 1.10 bits per heavy atom. The van der Waals surface area contributed by atoms with Crippen LogP contribution in [0, 0.1) is 13.8 Å². The summed E-state index contributed by atoms with van der Waals surface area (Å²) in [7, 11) is -3.76. The Hall–Kier alpha value is -2.65. The lowest BCUT2D eigenvalue weighted by atomic mass is 10.1. The molecule has 2 rings (SSSR count). The van der Waals surface area contributed by atoms with Gasteiger partial charge in [0.05, 0.1) is 17.9 Å². The summed E-state index contributed by atoms with van der Waals surface area (Å²) in [5.41, 5.74) is 2.37. The molecule has 0 bridgehead atoms. The van der Waals surface area contributed by atoms with Gasteiger partial charge in [0.15, 0.2) is 6.61 Å². The summed E-state index contributed by atoms with van der Waals surface area (Å²) < 4.78 is 39.3. The molecule has 0 aliphatic rings. The number of aromatic nitrogens is 1. The van der Waals surface area contributed by atoms with E-state index >= 15 is 0 Å². The molecule has 0 fully saturated rings. The third kappa shape index (κ3) is 6.67. The summed E-state index contributed by atoms with van der Waals surface area (Å²) in [6, 6.07) is 7.79. The van der Waals surface area contributed by atoms with E-state index < -0.39 is 16.0 Å². The van der Waals surface area contributed by atoms with Crippen molar-refractivity contribution in [3.05, 3.63) is 47.3 Å². The number of nitrogens with one attached hydrogen (secondary N) is 1. The Kier molecular flexibility index (Phi) is 8.82. The summed E-state index contributed by atoms with van der Waals surface area (Å²) >= 11 is 0. The molecule has 0 aliphatic carbocycles. The number of benzene rings is 1. The van der Waals surface area contributed by atoms with Crippen molar-refractivity contribution in [3.8, 4) is 5.75 Å². The first kappa shape index (κ1) is 24.6. The average Bonchev–Trinajstić information content (AvgIpc) is 3.01. The van der Waals surface area contributed by atoms with Crippen LogP contribution in [0.3, 0.4) is 0 Å². The Balaban J connectivity index is 1.83. The lowest BCUT2D eigenvalue weighted by Crippen LogP contribution is -2.27. The molecule has 8 nitrogen and oxygen atoms in total. The number of Topliss-reactive ketones (excluding diaryl/α,β-unsaturated/α-hetero) is 1. The molecule has 1 heterocycles. The molecule has 1 N–H and O–H groups in total. The van der Waals surface area contributed by atoms with Crippen LogP contribution in [-0.2, 0) is 26.1 Å². The molecule has 170 valence electrons. The Labute approximate surface area is 183 Å². The zero-order chi connectivity index (χ0) is 23.0. The van der Waals surface area contributed by atoms with E-state index in [1.807, 2.05) is 20.8 Å². The smallest absolute Gasteiger partial charge is 0.307 e. The van der Waals surface area contributed by atoms with Gasteiger partial charge >= 0.3 is 5.97 Å². The van der Waals surface area contributed by atoms with E-state index in [0.717, 1.165) is 24.4 Å². The van der Waals surface area contributed by atoms with Crippen LogP contribution in [0.1, 0.15) is 48.4 Å². The highest BCUT2D eigenvalue weighted by atomic mass is 32.2. The first-order chi connectivity index (χ1) is 14.7. The quantitative estimate of drug-likeness (QED) is 0.394. The fourth-order valence-electron chi connectivity index (χ4n) is 3.20. The number of hydrogen-bond donors (Lipinski definition) is 1. The molecular formula is C22H30N2O6S. The van der Waals surface area contributed by atoms with Gasteiger partial charge in [0.1, 0.15) is 5.75 Å².